The van der Waals surface area contributed by atoms with E-state index < -0.39 is 0 Å². The molecule has 5 nitrogen and oxygen atoms in total. The van der Waals surface area contributed by atoms with Gasteiger partial charge in [0.15, 0.2) is 5.43 Å². The maximum absolute atomic E-state index is 12.7. The minimum atomic E-state index is -0.259. The Morgan fingerprint density at radius 2 is 2.04 bits per heavy atom. The fraction of sp³-hybridized carbons (Fsp3) is 0.389. The van der Waals surface area contributed by atoms with E-state index in [0.717, 1.165) is 17.0 Å². The van der Waals surface area contributed by atoms with E-state index >= 15 is 0 Å². The van der Waals surface area contributed by atoms with Gasteiger partial charge in [-0.15, -0.1) is 0 Å². The molecule has 5 heteroatoms. The fourth-order valence-electron chi connectivity index (χ4n) is 2.64. The van der Waals surface area contributed by atoms with Crippen LogP contribution in [0.15, 0.2) is 29.2 Å². The average Bonchev–Trinajstić information content (AvgIpc) is 2.47. The number of aromatic nitrogens is 2. The molecule has 2 heterocycles. The van der Waals surface area contributed by atoms with E-state index in [1.807, 2.05) is 26.0 Å². The standard InChI is InChI=1S/C18H23N3O2/c1-11-7-6-8-19-15(11)10-13(3)21(5)18(23)17-14(4)20-12(2)9-16(17)22/h6-9,13H,10H2,1-5H3,(H,20,22)/t13-/m1/s1. The van der Waals surface area contributed by atoms with Gasteiger partial charge in [-0.05, 0) is 39.3 Å². The normalized spacial score (nSPS) is 12.0. The number of likely N-dealkylation sites (N-methyl/N-ethyl adjacent to an activating group) is 1. The highest BCUT2D eigenvalue weighted by molar-refractivity contribution is 5.95. The number of hydrogen-bond donors (Lipinski definition) is 1. The monoisotopic (exact) mass is 313 g/mol. The Hall–Kier alpha value is -2.43. The summed E-state index contributed by atoms with van der Waals surface area (Å²) in [4.78, 5) is 33.9. The van der Waals surface area contributed by atoms with Crippen molar-refractivity contribution in [2.45, 2.75) is 40.2 Å². The molecule has 0 saturated heterocycles. The molecule has 1 amide bonds. The van der Waals surface area contributed by atoms with Gasteiger partial charge in [0.25, 0.3) is 5.91 Å². The lowest BCUT2D eigenvalue weighted by molar-refractivity contribution is 0.0740. The second-order valence-electron chi connectivity index (χ2n) is 6.05. The van der Waals surface area contributed by atoms with Crippen molar-refractivity contribution in [2.75, 3.05) is 7.05 Å². The first-order valence-corrected chi connectivity index (χ1v) is 7.69. The van der Waals surface area contributed by atoms with Gasteiger partial charge < -0.3 is 9.88 Å². The summed E-state index contributed by atoms with van der Waals surface area (Å²) in [7, 11) is 1.73. The van der Waals surface area contributed by atoms with Gasteiger partial charge in [0.05, 0.1) is 0 Å². The Labute approximate surface area is 136 Å². The number of carbonyl (C=O) groups is 1. The van der Waals surface area contributed by atoms with E-state index in [2.05, 4.69) is 9.97 Å². The molecule has 0 saturated carbocycles. The van der Waals surface area contributed by atoms with E-state index in [1.165, 1.54) is 6.07 Å². The lowest BCUT2D eigenvalue weighted by atomic mass is 10.1. The average molecular weight is 313 g/mol. The van der Waals surface area contributed by atoms with E-state index in [4.69, 9.17) is 0 Å². The molecule has 1 N–H and O–H groups in total. The van der Waals surface area contributed by atoms with Crippen LogP contribution in [0.3, 0.4) is 0 Å². The lowest BCUT2D eigenvalue weighted by Crippen LogP contribution is -2.39. The molecule has 2 aromatic heterocycles. The fourth-order valence-corrected chi connectivity index (χ4v) is 2.64. The molecule has 0 radical (unpaired) electrons. The van der Waals surface area contributed by atoms with Crippen molar-refractivity contribution in [1.29, 1.82) is 0 Å². The van der Waals surface area contributed by atoms with Crippen LogP contribution in [-0.4, -0.2) is 33.9 Å². The first kappa shape index (κ1) is 16.9. The zero-order chi connectivity index (χ0) is 17.1. The maximum atomic E-state index is 12.7. The van der Waals surface area contributed by atoms with Gasteiger partial charge >= 0.3 is 0 Å². The smallest absolute Gasteiger partial charge is 0.259 e. The number of nitrogens with one attached hydrogen (secondary N) is 1. The second kappa shape index (κ2) is 6.77. The molecular weight excluding hydrogens is 290 g/mol. The lowest BCUT2D eigenvalue weighted by Gasteiger charge is -2.25. The molecule has 0 aliphatic carbocycles. The summed E-state index contributed by atoms with van der Waals surface area (Å²) in [5, 5.41) is 0. The summed E-state index contributed by atoms with van der Waals surface area (Å²) >= 11 is 0. The van der Waals surface area contributed by atoms with Crippen molar-refractivity contribution in [3.63, 3.8) is 0 Å². The first-order chi connectivity index (χ1) is 10.8. The van der Waals surface area contributed by atoms with Crippen LogP contribution >= 0.6 is 0 Å². The predicted octanol–water partition coefficient (Wildman–Crippen LogP) is 2.40. The number of aryl methyl sites for hydroxylation is 3. The van der Waals surface area contributed by atoms with Gasteiger partial charge in [-0.1, -0.05) is 6.07 Å². The van der Waals surface area contributed by atoms with Crippen molar-refractivity contribution >= 4 is 5.91 Å². The predicted molar refractivity (Wildman–Crippen MR) is 90.8 cm³/mol. The van der Waals surface area contributed by atoms with Gasteiger partial charge in [-0.2, -0.15) is 0 Å². The molecular formula is C18H23N3O2. The molecule has 0 spiro atoms. The maximum Gasteiger partial charge on any atom is 0.259 e. The van der Waals surface area contributed by atoms with Crippen molar-refractivity contribution in [3.05, 3.63) is 62.8 Å². The minimum Gasteiger partial charge on any atom is -0.362 e. The Morgan fingerprint density at radius 1 is 1.35 bits per heavy atom. The zero-order valence-corrected chi connectivity index (χ0v) is 14.3. The molecule has 0 aliphatic heterocycles. The number of carbonyl (C=O) groups excluding carboxylic acids is 1. The van der Waals surface area contributed by atoms with Crippen LogP contribution in [-0.2, 0) is 6.42 Å². The van der Waals surface area contributed by atoms with E-state index in [-0.39, 0.29) is 22.9 Å². The van der Waals surface area contributed by atoms with Crippen molar-refractivity contribution in [2.24, 2.45) is 0 Å². The number of rotatable bonds is 4. The molecule has 0 aromatic carbocycles. The highest BCUT2D eigenvalue weighted by Crippen LogP contribution is 2.12. The van der Waals surface area contributed by atoms with Gasteiger partial charge in [-0.25, -0.2) is 0 Å². The van der Waals surface area contributed by atoms with Gasteiger partial charge in [0.1, 0.15) is 5.56 Å². The van der Waals surface area contributed by atoms with E-state index in [9.17, 15) is 9.59 Å². The van der Waals surface area contributed by atoms with Gasteiger partial charge in [0.2, 0.25) is 0 Å². The number of pyridine rings is 2. The Bertz CT molecular complexity index is 780. The van der Waals surface area contributed by atoms with Crippen LogP contribution in [0.4, 0.5) is 0 Å². The van der Waals surface area contributed by atoms with Crippen molar-refractivity contribution in [1.82, 2.24) is 14.9 Å². The van der Waals surface area contributed by atoms with Crippen LogP contribution in [0, 0.1) is 20.8 Å². The zero-order valence-electron chi connectivity index (χ0n) is 14.3. The van der Waals surface area contributed by atoms with Crippen LogP contribution < -0.4 is 5.43 Å². The molecule has 2 aromatic rings. The van der Waals surface area contributed by atoms with Crippen LogP contribution in [0.2, 0.25) is 0 Å². The molecule has 1 atom stereocenters. The summed E-state index contributed by atoms with van der Waals surface area (Å²) in [6.07, 6.45) is 2.41. The third-order valence-electron chi connectivity index (χ3n) is 4.16. The number of aromatic amines is 1. The summed E-state index contributed by atoms with van der Waals surface area (Å²) in [6, 6.07) is 5.30. The van der Waals surface area contributed by atoms with Crippen LogP contribution in [0.25, 0.3) is 0 Å². The summed E-state index contributed by atoms with van der Waals surface area (Å²) in [6.45, 7) is 7.53. The number of amides is 1. The Balaban J connectivity index is 2.23. The summed E-state index contributed by atoms with van der Waals surface area (Å²) in [5.41, 5.74) is 3.40. The molecule has 0 unspecified atom stereocenters. The quantitative estimate of drug-likeness (QED) is 0.942. The van der Waals surface area contributed by atoms with Crippen molar-refractivity contribution in [3.8, 4) is 0 Å². The number of nitrogens with zero attached hydrogens (tertiary/aromatic N) is 2. The molecule has 23 heavy (non-hydrogen) atoms. The largest absolute Gasteiger partial charge is 0.362 e. The van der Waals surface area contributed by atoms with Gasteiger partial charge in [-0.3, -0.25) is 14.6 Å². The summed E-state index contributed by atoms with van der Waals surface area (Å²) in [5.74, 6) is -0.259. The third-order valence-corrected chi connectivity index (χ3v) is 4.16. The minimum absolute atomic E-state index is 0.0591. The van der Waals surface area contributed by atoms with E-state index in [0.29, 0.717) is 12.1 Å². The molecule has 0 fully saturated rings. The Morgan fingerprint density at radius 3 is 2.65 bits per heavy atom. The molecule has 0 bridgehead atoms. The Kier molecular flexibility index (Phi) is 4.98. The van der Waals surface area contributed by atoms with Crippen LogP contribution in [0.5, 0.6) is 0 Å². The second-order valence-corrected chi connectivity index (χ2v) is 6.05. The highest BCUT2D eigenvalue weighted by Gasteiger charge is 2.23. The van der Waals surface area contributed by atoms with E-state index in [1.54, 1.807) is 32.0 Å². The molecule has 2 rings (SSSR count). The highest BCUT2D eigenvalue weighted by atomic mass is 16.2. The third kappa shape index (κ3) is 3.67. The first-order valence-electron chi connectivity index (χ1n) is 7.69. The topological polar surface area (TPSA) is 66.1 Å². The summed E-state index contributed by atoms with van der Waals surface area (Å²) < 4.78 is 0. The molecule has 122 valence electrons. The van der Waals surface area contributed by atoms with Gasteiger partial charge in [0, 0.05) is 48.9 Å². The van der Waals surface area contributed by atoms with Crippen LogP contribution in [0.1, 0.15) is 39.9 Å². The molecule has 0 aliphatic rings. The number of H-pyrrole nitrogens is 1. The number of hydrogen-bond acceptors (Lipinski definition) is 3. The SMILES string of the molecule is Cc1cc(=O)c(C(=O)N(C)[C@H](C)Cc2ncccc2C)c(C)[nH]1. The van der Waals surface area contributed by atoms with Crippen molar-refractivity contribution < 1.29 is 4.79 Å².